The molecule has 0 radical (unpaired) electrons. The molecular formula is C9H7N3O7. The molecule has 0 aliphatic heterocycles. The first-order valence-electron chi connectivity index (χ1n) is 4.70. The van der Waals surface area contributed by atoms with Crippen LogP contribution < -0.4 is 4.74 Å². The number of nitro groups is 3. The van der Waals surface area contributed by atoms with Crippen molar-refractivity contribution in [3.05, 3.63) is 54.2 Å². The summed E-state index contributed by atoms with van der Waals surface area (Å²) in [5, 5.41) is 31.9. The second kappa shape index (κ2) is 5.53. The zero-order valence-corrected chi connectivity index (χ0v) is 9.51. The van der Waals surface area contributed by atoms with Crippen LogP contribution in [0.2, 0.25) is 0 Å². The Labute approximate surface area is 105 Å². The molecule has 0 aromatic heterocycles. The average molecular weight is 269 g/mol. The van der Waals surface area contributed by atoms with Crippen LogP contribution in [0.3, 0.4) is 0 Å². The zero-order chi connectivity index (χ0) is 14.6. The molecular weight excluding hydrogens is 262 g/mol. The molecule has 0 fully saturated rings. The van der Waals surface area contributed by atoms with E-state index in [1.807, 2.05) is 0 Å². The van der Waals surface area contributed by atoms with Gasteiger partial charge in [0.15, 0.2) is 5.75 Å². The number of benzene rings is 1. The van der Waals surface area contributed by atoms with Crippen molar-refractivity contribution in [3.8, 4) is 5.75 Å². The summed E-state index contributed by atoms with van der Waals surface area (Å²) in [6, 6.07) is 2.03. The van der Waals surface area contributed by atoms with Gasteiger partial charge in [0, 0.05) is 12.1 Å². The second-order valence-electron chi connectivity index (χ2n) is 3.16. The first kappa shape index (κ1) is 14.0. The van der Waals surface area contributed by atoms with Crippen LogP contribution in [0, 0.1) is 30.3 Å². The van der Waals surface area contributed by atoms with E-state index in [0.717, 1.165) is 19.2 Å². The summed E-state index contributed by atoms with van der Waals surface area (Å²) in [6.45, 7) is 0. The van der Waals surface area contributed by atoms with Crippen molar-refractivity contribution >= 4 is 17.5 Å². The maximum Gasteiger partial charge on any atom is 0.325 e. The Morgan fingerprint density at radius 2 is 1.74 bits per heavy atom. The maximum atomic E-state index is 10.9. The molecule has 1 aromatic rings. The van der Waals surface area contributed by atoms with E-state index in [4.69, 9.17) is 4.74 Å². The van der Waals surface area contributed by atoms with Crippen LogP contribution in [0.5, 0.6) is 5.75 Å². The summed E-state index contributed by atoms with van der Waals surface area (Å²) in [5.41, 5.74) is -1.81. The Morgan fingerprint density at radius 3 is 2.16 bits per heavy atom. The predicted molar refractivity (Wildman–Crippen MR) is 62.3 cm³/mol. The Balaban J connectivity index is 3.62. The maximum absolute atomic E-state index is 10.9. The minimum Gasteiger partial charge on any atom is -0.490 e. The highest BCUT2D eigenvalue weighted by atomic mass is 16.6. The molecule has 0 atom stereocenters. The Bertz CT molecular complexity index is 581. The zero-order valence-electron chi connectivity index (χ0n) is 9.51. The van der Waals surface area contributed by atoms with Gasteiger partial charge in [-0.15, -0.1) is 0 Å². The van der Waals surface area contributed by atoms with Crippen LogP contribution in [-0.2, 0) is 0 Å². The number of hydrogen-bond acceptors (Lipinski definition) is 7. The van der Waals surface area contributed by atoms with Gasteiger partial charge in [0.2, 0.25) is 6.20 Å². The largest absolute Gasteiger partial charge is 0.490 e. The lowest BCUT2D eigenvalue weighted by Crippen LogP contribution is -2.01. The molecule has 0 aliphatic rings. The van der Waals surface area contributed by atoms with Gasteiger partial charge in [-0.1, -0.05) is 0 Å². The number of hydrogen-bond donors (Lipinski definition) is 0. The van der Waals surface area contributed by atoms with E-state index in [-0.39, 0.29) is 5.75 Å². The molecule has 0 bridgehead atoms. The first-order valence-corrected chi connectivity index (χ1v) is 4.70. The smallest absolute Gasteiger partial charge is 0.325 e. The van der Waals surface area contributed by atoms with E-state index < -0.39 is 31.7 Å². The monoisotopic (exact) mass is 269 g/mol. The third-order valence-electron chi connectivity index (χ3n) is 2.12. The molecule has 19 heavy (non-hydrogen) atoms. The third kappa shape index (κ3) is 3.00. The molecule has 0 saturated carbocycles. The molecule has 0 saturated heterocycles. The summed E-state index contributed by atoms with van der Waals surface area (Å²) in [4.78, 5) is 29.3. The number of nitrogens with zero attached hydrogens (tertiary/aromatic N) is 3. The van der Waals surface area contributed by atoms with Crippen LogP contribution in [0.1, 0.15) is 5.56 Å². The molecule has 10 heteroatoms. The van der Waals surface area contributed by atoms with Gasteiger partial charge in [0.1, 0.15) is 5.56 Å². The van der Waals surface area contributed by atoms with Gasteiger partial charge < -0.3 is 4.74 Å². The molecule has 0 unspecified atom stereocenters. The van der Waals surface area contributed by atoms with Crippen LogP contribution in [-0.4, -0.2) is 21.9 Å². The van der Waals surface area contributed by atoms with Crippen molar-refractivity contribution in [3.63, 3.8) is 0 Å². The minimum atomic E-state index is -0.897. The van der Waals surface area contributed by atoms with E-state index in [2.05, 4.69) is 0 Å². The number of nitro benzene ring substituents is 2. The van der Waals surface area contributed by atoms with Gasteiger partial charge in [-0.2, -0.15) is 0 Å². The molecule has 1 rings (SSSR count). The van der Waals surface area contributed by atoms with Gasteiger partial charge in [-0.25, -0.2) is 0 Å². The highest BCUT2D eigenvalue weighted by Gasteiger charge is 2.28. The van der Waals surface area contributed by atoms with Crippen molar-refractivity contribution in [2.24, 2.45) is 0 Å². The summed E-state index contributed by atoms with van der Waals surface area (Å²) in [6.07, 6.45) is 1.08. The molecule has 0 aliphatic carbocycles. The van der Waals surface area contributed by atoms with Crippen molar-refractivity contribution in [2.45, 2.75) is 0 Å². The number of methoxy groups -OCH3 is 1. The van der Waals surface area contributed by atoms with Gasteiger partial charge in [0.05, 0.1) is 21.9 Å². The van der Waals surface area contributed by atoms with E-state index in [0.29, 0.717) is 12.3 Å². The van der Waals surface area contributed by atoms with Gasteiger partial charge in [-0.05, 0) is 6.07 Å². The fourth-order valence-electron chi connectivity index (χ4n) is 1.39. The number of rotatable bonds is 5. The standard InChI is InChI=1S/C9H7N3O7/c1-19-8-3-2-7(11(15)16)6(4-5-10(13)14)9(8)12(17)18/h2-5H,1H3/b5-4+. The van der Waals surface area contributed by atoms with E-state index in [1.54, 1.807) is 0 Å². The predicted octanol–water partition coefficient (Wildman–Crippen LogP) is 1.76. The van der Waals surface area contributed by atoms with E-state index in [9.17, 15) is 30.3 Å². The van der Waals surface area contributed by atoms with Crippen LogP contribution in [0.4, 0.5) is 11.4 Å². The Kier molecular flexibility index (Phi) is 4.08. The lowest BCUT2D eigenvalue weighted by molar-refractivity contribution is -0.402. The lowest BCUT2D eigenvalue weighted by Gasteiger charge is -2.04. The molecule has 100 valence electrons. The second-order valence-corrected chi connectivity index (χ2v) is 3.16. The number of ether oxygens (including phenoxy) is 1. The van der Waals surface area contributed by atoms with Crippen LogP contribution >= 0.6 is 0 Å². The highest BCUT2D eigenvalue weighted by Crippen LogP contribution is 2.37. The Hall–Kier alpha value is -3.04. The topological polar surface area (TPSA) is 139 Å². The molecule has 0 amide bonds. The third-order valence-corrected chi connectivity index (χ3v) is 2.12. The summed E-state index contributed by atoms with van der Waals surface area (Å²) < 4.78 is 4.72. The quantitative estimate of drug-likeness (QED) is 0.585. The minimum absolute atomic E-state index is 0.224. The van der Waals surface area contributed by atoms with Crippen LogP contribution in [0.25, 0.3) is 6.08 Å². The van der Waals surface area contributed by atoms with Gasteiger partial charge in [0.25, 0.3) is 5.69 Å². The van der Waals surface area contributed by atoms with Crippen molar-refractivity contribution in [1.82, 2.24) is 0 Å². The van der Waals surface area contributed by atoms with Gasteiger partial charge >= 0.3 is 5.69 Å². The van der Waals surface area contributed by atoms with Crippen molar-refractivity contribution < 1.29 is 19.5 Å². The van der Waals surface area contributed by atoms with Crippen molar-refractivity contribution in [2.75, 3.05) is 7.11 Å². The van der Waals surface area contributed by atoms with Crippen LogP contribution in [0.15, 0.2) is 18.3 Å². The molecule has 0 N–H and O–H groups in total. The summed E-state index contributed by atoms with van der Waals surface area (Å²) in [5.74, 6) is -0.224. The average Bonchev–Trinajstić information content (AvgIpc) is 2.34. The lowest BCUT2D eigenvalue weighted by atomic mass is 10.1. The fraction of sp³-hybridized carbons (Fsp3) is 0.111. The molecule has 1 aromatic carbocycles. The highest BCUT2D eigenvalue weighted by molar-refractivity contribution is 5.74. The Morgan fingerprint density at radius 1 is 1.11 bits per heavy atom. The molecule has 0 spiro atoms. The van der Waals surface area contributed by atoms with Gasteiger partial charge in [-0.3, -0.25) is 30.3 Å². The molecule has 10 nitrogen and oxygen atoms in total. The SMILES string of the molecule is COc1ccc([N+](=O)[O-])c(/C=C/[N+](=O)[O-])c1[N+](=O)[O-]. The van der Waals surface area contributed by atoms with E-state index >= 15 is 0 Å². The first-order chi connectivity index (χ1) is 8.88. The summed E-state index contributed by atoms with van der Waals surface area (Å²) >= 11 is 0. The fourth-order valence-corrected chi connectivity index (χ4v) is 1.39. The van der Waals surface area contributed by atoms with E-state index in [1.165, 1.54) is 0 Å². The normalized spacial score (nSPS) is 10.4. The molecule has 0 heterocycles. The van der Waals surface area contributed by atoms with Crippen molar-refractivity contribution in [1.29, 1.82) is 0 Å². The summed E-state index contributed by atoms with van der Waals surface area (Å²) in [7, 11) is 1.15.